The van der Waals surface area contributed by atoms with E-state index in [1.165, 1.54) is 6.42 Å². The van der Waals surface area contributed by atoms with Crippen LogP contribution in [0.15, 0.2) is 30.3 Å². The van der Waals surface area contributed by atoms with Gasteiger partial charge in [-0.15, -0.1) is 0 Å². The van der Waals surface area contributed by atoms with Crippen LogP contribution in [0.2, 0.25) is 0 Å². The van der Waals surface area contributed by atoms with Crippen molar-refractivity contribution >= 4 is 11.8 Å². The Kier molecular flexibility index (Phi) is 7.24. The Bertz CT molecular complexity index is 608. The molecule has 0 bridgehead atoms. The fraction of sp³-hybridized carbons (Fsp3) is 0.619. The molecule has 1 aromatic carbocycles. The normalized spacial score (nSPS) is 20.3. The van der Waals surface area contributed by atoms with Gasteiger partial charge in [-0.25, -0.2) is 0 Å². The number of rotatable bonds is 6. The van der Waals surface area contributed by atoms with Gasteiger partial charge in [-0.1, -0.05) is 30.3 Å². The summed E-state index contributed by atoms with van der Waals surface area (Å²) in [5.41, 5.74) is 1.11. The highest BCUT2D eigenvalue weighted by atomic mass is 16.2. The number of likely N-dealkylation sites (tertiary alicyclic amines) is 1. The number of nitrogens with zero attached hydrogens (tertiary/aromatic N) is 3. The number of carbonyl (C=O) groups excluding carboxylic acids is 2. The number of piperidine rings is 1. The summed E-state index contributed by atoms with van der Waals surface area (Å²) in [6.45, 7) is 8.18. The molecule has 6 nitrogen and oxygen atoms in total. The topological polar surface area (TPSA) is 55.9 Å². The van der Waals surface area contributed by atoms with Crippen molar-refractivity contribution in [2.75, 3.05) is 45.8 Å². The molecule has 2 heterocycles. The number of hydrogen-bond acceptors (Lipinski definition) is 4. The third-order valence-corrected chi connectivity index (χ3v) is 5.68. The van der Waals surface area contributed by atoms with Crippen LogP contribution < -0.4 is 5.32 Å². The van der Waals surface area contributed by atoms with E-state index in [1.54, 1.807) is 0 Å². The summed E-state index contributed by atoms with van der Waals surface area (Å²) in [4.78, 5) is 31.3. The standard InChI is InChI=1S/C21H32N4O2/c1-18(21(27)25-10-6-3-7-11-25)24-14-12-23(13-15-24)17-20(26)22-16-19-8-4-2-5-9-19/h2,4-5,8-9,18H,3,6-7,10-17H2,1H3,(H,22,26). The van der Waals surface area contributed by atoms with E-state index < -0.39 is 0 Å². The minimum atomic E-state index is -0.0582. The molecule has 0 spiro atoms. The van der Waals surface area contributed by atoms with Gasteiger partial charge in [0.1, 0.15) is 0 Å². The van der Waals surface area contributed by atoms with Crippen LogP contribution in [0.25, 0.3) is 0 Å². The highest BCUT2D eigenvalue weighted by molar-refractivity contribution is 5.81. The zero-order chi connectivity index (χ0) is 19.1. The van der Waals surface area contributed by atoms with Crippen molar-refractivity contribution in [1.29, 1.82) is 0 Å². The largest absolute Gasteiger partial charge is 0.351 e. The average molecular weight is 373 g/mol. The average Bonchev–Trinajstić information content (AvgIpc) is 2.73. The Morgan fingerprint density at radius 2 is 1.63 bits per heavy atom. The summed E-state index contributed by atoms with van der Waals surface area (Å²) in [5, 5.41) is 2.99. The lowest BCUT2D eigenvalue weighted by molar-refractivity contribution is -0.138. The Morgan fingerprint density at radius 3 is 2.30 bits per heavy atom. The minimum absolute atomic E-state index is 0.0582. The molecule has 1 atom stereocenters. The fourth-order valence-electron chi connectivity index (χ4n) is 3.90. The van der Waals surface area contributed by atoms with Crippen molar-refractivity contribution in [1.82, 2.24) is 20.0 Å². The predicted octanol–water partition coefficient (Wildman–Crippen LogP) is 1.32. The first-order valence-corrected chi connectivity index (χ1v) is 10.2. The maximum Gasteiger partial charge on any atom is 0.239 e. The molecule has 0 aliphatic carbocycles. The van der Waals surface area contributed by atoms with Gasteiger partial charge in [0.05, 0.1) is 12.6 Å². The molecule has 2 aliphatic heterocycles. The molecule has 2 amide bonds. The van der Waals surface area contributed by atoms with Crippen LogP contribution >= 0.6 is 0 Å². The fourth-order valence-corrected chi connectivity index (χ4v) is 3.90. The lowest BCUT2D eigenvalue weighted by Gasteiger charge is -2.39. The summed E-state index contributed by atoms with van der Waals surface area (Å²) in [6, 6.07) is 9.90. The molecule has 0 saturated carbocycles. The smallest absolute Gasteiger partial charge is 0.239 e. The Hall–Kier alpha value is -1.92. The molecule has 3 rings (SSSR count). The quantitative estimate of drug-likeness (QED) is 0.818. The second kappa shape index (κ2) is 9.85. The van der Waals surface area contributed by atoms with Gasteiger partial charge in [0, 0.05) is 45.8 Å². The number of piperazine rings is 1. The Morgan fingerprint density at radius 1 is 0.963 bits per heavy atom. The maximum atomic E-state index is 12.7. The van der Waals surface area contributed by atoms with E-state index in [1.807, 2.05) is 42.2 Å². The highest BCUT2D eigenvalue weighted by Gasteiger charge is 2.29. The van der Waals surface area contributed by atoms with E-state index in [-0.39, 0.29) is 17.9 Å². The summed E-state index contributed by atoms with van der Waals surface area (Å²) in [5.74, 6) is 0.327. The molecule has 2 aliphatic rings. The predicted molar refractivity (Wildman–Crippen MR) is 106 cm³/mol. The first-order valence-electron chi connectivity index (χ1n) is 10.2. The second-order valence-corrected chi connectivity index (χ2v) is 7.64. The van der Waals surface area contributed by atoms with Gasteiger partial charge in [0.25, 0.3) is 0 Å². The Balaban J connectivity index is 1.37. The van der Waals surface area contributed by atoms with Crippen molar-refractivity contribution in [3.63, 3.8) is 0 Å². The van der Waals surface area contributed by atoms with E-state index in [4.69, 9.17) is 0 Å². The van der Waals surface area contributed by atoms with Crippen LogP contribution in [0.3, 0.4) is 0 Å². The van der Waals surface area contributed by atoms with Gasteiger partial charge in [-0.05, 0) is 31.7 Å². The molecule has 0 aromatic heterocycles. The van der Waals surface area contributed by atoms with Gasteiger partial charge in [0.2, 0.25) is 11.8 Å². The zero-order valence-corrected chi connectivity index (χ0v) is 16.4. The third-order valence-electron chi connectivity index (χ3n) is 5.68. The number of benzene rings is 1. The number of nitrogens with one attached hydrogen (secondary N) is 1. The molecule has 2 fully saturated rings. The van der Waals surface area contributed by atoms with Crippen molar-refractivity contribution in [3.8, 4) is 0 Å². The summed E-state index contributed by atoms with van der Waals surface area (Å²) in [7, 11) is 0. The van der Waals surface area contributed by atoms with Crippen molar-refractivity contribution in [2.45, 2.75) is 38.8 Å². The molecule has 6 heteroatoms. The SMILES string of the molecule is CC(C(=O)N1CCCCC1)N1CCN(CC(=O)NCc2ccccc2)CC1. The molecule has 1 N–H and O–H groups in total. The van der Waals surface area contributed by atoms with E-state index in [2.05, 4.69) is 15.1 Å². The Labute approximate surface area is 162 Å². The van der Waals surface area contributed by atoms with Crippen LogP contribution in [0.1, 0.15) is 31.7 Å². The first-order chi connectivity index (χ1) is 13.1. The highest BCUT2D eigenvalue weighted by Crippen LogP contribution is 2.14. The van der Waals surface area contributed by atoms with Gasteiger partial charge in [0.15, 0.2) is 0 Å². The van der Waals surface area contributed by atoms with E-state index in [9.17, 15) is 9.59 Å². The van der Waals surface area contributed by atoms with Gasteiger partial charge in [-0.2, -0.15) is 0 Å². The number of amides is 2. The van der Waals surface area contributed by atoms with Gasteiger partial charge in [-0.3, -0.25) is 19.4 Å². The van der Waals surface area contributed by atoms with Crippen LogP contribution in [0, 0.1) is 0 Å². The van der Waals surface area contributed by atoms with E-state index in [0.29, 0.717) is 13.1 Å². The van der Waals surface area contributed by atoms with Crippen molar-refractivity contribution in [3.05, 3.63) is 35.9 Å². The lowest BCUT2D eigenvalue weighted by atomic mass is 10.1. The molecular formula is C21H32N4O2. The summed E-state index contributed by atoms with van der Waals surface area (Å²) >= 11 is 0. The second-order valence-electron chi connectivity index (χ2n) is 7.64. The molecular weight excluding hydrogens is 340 g/mol. The number of carbonyl (C=O) groups is 2. The first kappa shape index (κ1) is 19.8. The zero-order valence-electron chi connectivity index (χ0n) is 16.4. The van der Waals surface area contributed by atoms with E-state index >= 15 is 0 Å². The third kappa shape index (κ3) is 5.78. The van der Waals surface area contributed by atoms with Crippen LogP contribution in [-0.2, 0) is 16.1 Å². The molecule has 1 unspecified atom stereocenters. The van der Waals surface area contributed by atoms with Gasteiger partial charge >= 0.3 is 0 Å². The monoisotopic (exact) mass is 372 g/mol. The van der Waals surface area contributed by atoms with Crippen molar-refractivity contribution < 1.29 is 9.59 Å². The molecule has 1 aromatic rings. The van der Waals surface area contributed by atoms with E-state index in [0.717, 1.165) is 57.7 Å². The summed E-state index contributed by atoms with van der Waals surface area (Å²) in [6.07, 6.45) is 3.50. The minimum Gasteiger partial charge on any atom is -0.351 e. The van der Waals surface area contributed by atoms with Crippen molar-refractivity contribution in [2.24, 2.45) is 0 Å². The molecule has 2 saturated heterocycles. The van der Waals surface area contributed by atoms with Gasteiger partial charge < -0.3 is 10.2 Å². The van der Waals surface area contributed by atoms with Crippen LogP contribution in [-0.4, -0.2) is 78.4 Å². The lowest BCUT2D eigenvalue weighted by Crippen LogP contribution is -2.56. The van der Waals surface area contributed by atoms with Crippen LogP contribution in [0.5, 0.6) is 0 Å². The van der Waals surface area contributed by atoms with Crippen LogP contribution in [0.4, 0.5) is 0 Å². The number of hydrogen-bond donors (Lipinski definition) is 1. The molecule has 0 radical (unpaired) electrons. The molecule has 148 valence electrons. The molecule has 27 heavy (non-hydrogen) atoms. The summed E-state index contributed by atoms with van der Waals surface area (Å²) < 4.78 is 0. The maximum absolute atomic E-state index is 12.7.